The molecule has 0 aliphatic carbocycles. The highest BCUT2D eigenvalue weighted by molar-refractivity contribution is 6.10. The van der Waals surface area contributed by atoms with Crippen LogP contribution in [0.3, 0.4) is 0 Å². The van der Waals surface area contributed by atoms with Gasteiger partial charge in [-0.3, -0.25) is 14.5 Å². The molecule has 6 heteroatoms. The molecule has 2 unspecified atom stereocenters. The number of carbonyl (C=O) groups excluding carboxylic acids is 3. The number of urea groups is 1. The number of imide groups is 1. The fourth-order valence-corrected chi connectivity index (χ4v) is 4.09. The molecule has 0 bridgehead atoms. The van der Waals surface area contributed by atoms with Crippen molar-refractivity contribution in [1.82, 2.24) is 10.2 Å². The van der Waals surface area contributed by atoms with Crippen LogP contribution in [0.4, 0.5) is 10.5 Å². The van der Waals surface area contributed by atoms with Crippen LogP contribution in [-0.2, 0) is 21.5 Å². The van der Waals surface area contributed by atoms with E-state index < -0.39 is 17.5 Å². The Labute approximate surface area is 164 Å². The number of hydrogen-bond donors (Lipinski definition) is 1. The number of anilines is 1. The predicted octanol–water partition coefficient (Wildman–Crippen LogP) is 2.82. The summed E-state index contributed by atoms with van der Waals surface area (Å²) in [7, 11) is 0. The third-order valence-corrected chi connectivity index (χ3v) is 5.71. The quantitative estimate of drug-likeness (QED) is 0.837. The molecule has 1 N–H and O–H groups in total. The lowest BCUT2D eigenvalue weighted by molar-refractivity contribution is -0.134. The number of rotatable bonds is 3. The molecule has 2 atom stereocenters. The second-order valence-corrected chi connectivity index (χ2v) is 7.59. The molecule has 2 heterocycles. The van der Waals surface area contributed by atoms with Gasteiger partial charge in [0.15, 0.2) is 0 Å². The first-order valence-corrected chi connectivity index (χ1v) is 9.51. The fourth-order valence-electron chi connectivity index (χ4n) is 4.09. The van der Waals surface area contributed by atoms with Gasteiger partial charge in [0.25, 0.3) is 5.91 Å². The summed E-state index contributed by atoms with van der Waals surface area (Å²) in [5.41, 5.74) is 1.51. The number of nitrogens with zero attached hydrogens (tertiary/aromatic N) is 2. The van der Waals surface area contributed by atoms with E-state index in [1.807, 2.05) is 49.4 Å². The van der Waals surface area contributed by atoms with E-state index in [2.05, 4.69) is 5.32 Å². The minimum atomic E-state index is -1.16. The Morgan fingerprint density at radius 1 is 1.11 bits per heavy atom. The van der Waals surface area contributed by atoms with Crippen LogP contribution in [0.1, 0.15) is 31.4 Å². The number of fused-ring (bicyclic) bond motifs is 1. The van der Waals surface area contributed by atoms with Crippen molar-refractivity contribution in [3.63, 3.8) is 0 Å². The molecular weight excluding hydrogens is 354 g/mol. The molecule has 2 aromatic rings. The Morgan fingerprint density at radius 2 is 1.79 bits per heavy atom. The van der Waals surface area contributed by atoms with Crippen molar-refractivity contribution >= 4 is 23.5 Å². The predicted molar refractivity (Wildman–Crippen MR) is 106 cm³/mol. The minimum absolute atomic E-state index is 0.0173. The van der Waals surface area contributed by atoms with E-state index in [0.29, 0.717) is 5.56 Å². The molecule has 0 radical (unpaired) electrons. The molecular formula is C22H23N3O3. The first-order valence-electron chi connectivity index (χ1n) is 9.51. The van der Waals surface area contributed by atoms with Crippen molar-refractivity contribution in [1.29, 1.82) is 0 Å². The third kappa shape index (κ3) is 2.85. The van der Waals surface area contributed by atoms with Crippen LogP contribution in [-0.4, -0.2) is 35.3 Å². The fraction of sp³-hybridized carbons (Fsp3) is 0.318. The summed E-state index contributed by atoms with van der Waals surface area (Å²) >= 11 is 0. The zero-order valence-corrected chi connectivity index (χ0v) is 16.0. The second kappa shape index (κ2) is 6.78. The normalized spacial score (nSPS) is 24.1. The SMILES string of the molecule is CC1CCc2ccccc2N1C(=O)CN1C(=O)NC(C)(c2ccccc2)C1=O. The smallest absolute Gasteiger partial charge is 0.319 e. The van der Waals surface area contributed by atoms with Crippen LogP contribution < -0.4 is 10.2 Å². The lowest BCUT2D eigenvalue weighted by Gasteiger charge is -2.36. The Balaban J connectivity index is 1.59. The van der Waals surface area contributed by atoms with E-state index in [9.17, 15) is 14.4 Å². The highest BCUT2D eigenvalue weighted by Crippen LogP contribution is 2.32. The van der Waals surface area contributed by atoms with Gasteiger partial charge >= 0.3 is 6.03 Å². The summed E-state index contributed by atoms with van der Waals surface area (Å²) in [6, 6.07) is 16.4. The van der Waals surface area contributed by atoms with Gasteiger partial charge in [-0.2, -0.15) is 0 Å². The van der Waals surface area contributed by atoms with Gasteiger partial charge in [0, 0.05) is 11.7 Å². The van der Waals surface area contributed by atoms with E-state index in [4.69, 9.17) is 0 Å². The molecule has 4 rings (SSSR count). The first kappa shape index (κ1) is 18.2. The topological polar surface area (TPSA) is 69.7 Å². The zero-order valence-electron chi connectivity index (χ0n) is 16.0. The van der Waals surface area contributed by atoms with E-state index in [0.717, 1.165) is 29.0 Å². The molecule has 2 aliphatic rings. The van der Waals surface area contributed by atoms with E-state index in [1.165, 1.54) is 0 Å². The zero-order chi connectivity index (χ0) is 19.9. The van der Waals surface area contributed by atoms with Gasteiger partial charge in [0.2, 0.25) is 5.91 Å². The maximum absolute atomic E-state index is 13.1. The van der Waals surface area contributed by atoms with Gasteiger partial charge < -0.3 is 10.2 Å². The summed E-state index contributed by atoms with van der Waals surface area (Å²) < 4.78 is 0. The molecule has 6 nitrogen and oxygen atoms in total. The molecule has 0 saturated carbocycles. The maximum Gasteiger partial charge on any atom is 0.325 e. The molecule has 0 aromatic heterocycles. The van der Waals surface area contributed by atoms with Gasteiger partial charge in [-0.25, -0.2) is 4.79 Å². The van der Waals surface area contributed by atoms with Crippen LogP contribution >= 0.6 is 0 Å². The molecule has 144 valence electrons. The summed E-state index contributed by atoms with van der Waals surface area (Å²) in [4.78, 5) is 41.5. The van der Waals surface area contributed by atoms with E-state index in [1.54, 1.807) is 24.0 Å². The number of para-hydroxylation sites is 1. The van der Waals surface area contributed by atoms with Crippen molar-refractivity contribution in [2.24, 2.45) is 0 Å². The van der Waals surface area contributed by atoms with E-state index in [-0.39, 0.29) is 18.5 Å². The molecule has 1 fully saturated rings. The van der Waals surface area contributed by atoms with Crippen LogP contribution in [0.5, 0.6) is 0 Å². The van der Waals surface area contributed by atoms with Gasteiger partial charge in [0.05, 0.1) is 0 Å². The summed E-state index contributed by atoms with van der Waals surface area (Å²) in [5, 5.41) is 2.75. The lowest BCUT2D eigenvalue weighted by atomic mass is 9.92. The highest BCUT2D eigenvalue weighted by atomic mass is 16.2. The van der Waals surface area contributed by atoms with Crippen molar-refractivity contribution in [2.75, 3.05) is 11.4 Å². The average molecular weight is 377 g/mol. The highest BCUT2D eigenvalue weighted by Gasteiger charge is 2.50. The van der Waals surface area contributed by atoms with E-state index >= 15 is 0 Å². The Bertz CT molecular complexity index is 943. The number of aryl methyl sites for hydroxylation is 1. The van der Waals surface area contributed by atoms with Crippen molar-refractivity contribution in [3.05, 3.63) is 65.7 Å². The van der Waals surface area contributed by atoms with Crippen LogP contribution in [0.2, 0.25) is 0 Å². The monoisotopic (exact) mass is 377 g/mol. The minimum Gasteiger partial charge on any atom is -0.319 e. The molecule has 2 aromatic carbocycles. The van der Waals surface area contributed by atoms with Crippen molar-refractivity contribution in [2.45, 2.75) is 38.3 Å². The average Bonchev–Trinajstić information content (AvgIpc) is 2.92. The molecule has 28 heavy (non-hydrogen) atoms. The Kier molecular flexibility index (Phi) is 4.41. The van der Waals surface area contributed by atoms with Gasteiger partial charge in [-0.1, -0.05) is 48.5 Å². The van der Waals surface area contributed by atoms with Gasteiger partial charge in [-0.15, -0.1) is 0 Å². The standard InChI is InChI=1S/C22H23N3O3/c1-15-12-13-16-8-6-7-11-18(16)25(15)19(26)14-24-20(27)22(2,23-21(24)28)17-9-4-3-5-10-17/h3-11,15H,12-14H2,1-2H3,(H,23,28). The number of nitrogens with one attached hydrogen (secondary N) is 1. The summed E-state index contributed by atoms with van der Waals surface area (Å²) in [6.45, 7) is 3.39. The third-order valence-electron chi connectivity index (χ3n) is 5.71. The Hall–Kier alpha value is -3.15. The van der Waals surface area contributed by atoms with Crippen LogP contribution in [0.15, 0.2) is 54.6 Å². The Morgan fingerprint density at radius 3 is 2.54 bits per heavy atom. The number of carbonyl (C=O) groups is 3. The summed E-state index contributed by atoms with van der Waals surface area (Å²) in [6.07, 6.45) is 1.76. The van der Waals surface area contributed by atoms with Crippen LogP contribution in [0.25, 0.3) is 0 Å². The second-order valence-electron chi connectivity index (χ2n) is 7.59. The molecule has 1 saturated heterocycles. The molecule has 4 amide bonds. The number of benzene rings is 2. The van der Waals surface area contributed by atoms with Crippen molar-refractivity contribution in [3.8, 4) is 0 Å². The lowest BCUT2D eigenvalue weighted by Crippen LogP contribution is -2.49. The molecule has 0 spiro atoms. The molecule has 2 aliphatic heterocycles. The number of amides is 4. The number of hydrogen-bond acceptors (Lipinski definition) is 3. The maximum atomic E-state index is 13.1. The largest absolute Gasteiger partial charge is 0.325 e. The first-order chi connectivity index (χ1) is 13.4. The van der Waals surface area contributed by atoms with Gasteiger partial charge in [-0.05, 0) is 43.9 Å². The van der Waals surface area contributed by atoms with Crippen molar-refractivity contribution < 1.29 is 14.4 Å². The van der Waals surface area contributed by atoms with Gasteiger partial charge in [0.1, 0.15) is 12.1 Å². The van der Waals surface area contributed by atoms with Crippen LogP contribution in [0, 0.1) is 0 Å². The summed E-state index contributed by atoms with van der Waals surface area (Å²) in [5.74, 6) is -0.657.